The molecule has 4 N–H and O–H groups in total. The largest absolute Gasteiger partial charge is 0.497 e. The Morgan fingerprint density at radius 1 is 1.38 bits per heavy atom. The number of rotatable bonds is 6. The summed E-state index contributed by atoms with van der Waals surface area (Å²) < 4.78 is 5.14. The number of methoxy groups -OCH3 is 1. The molecule has 0 spiro atoms. The lowest BCUT2D eigenvalue weighted by Crippen LogP contribution is -3.16. The van der Waals surface area contributed by atoms with Gasteiger partial charge in [-0.1, -0.05) is 0 Å². The van der Waals surface area contributed by atoms with Crippen molar-refractivity contribution in [2.75, 3.05) is 7.11 Å². The third-order valence-corrected chi connectivity index (χ3v) is 3.86. The van der Waals surface area contributed by atoms with Gasteiger partial charge in [-0.3, -0.25) is 10.1 Å². The summed E-state index contributed by atoms with van der Waals surface area (Å²) in [4.78, 5) is 23.9. The zero-order chi connectivity index (χ0) is 15.4. The van der Waals surface area contributed by atoms with Gasteiger partial charge in [0.05, 0.1) is 13.2 Å². The minimum absolute atomic E-state index is 0.313. The summed E-state index contributed by atoms with van der Waals surface area (Å²) in [7, 11) is 1.63. The first kappa shape index (κ1) is 15.3. The molecule has 1 aliphatic rings. The maximum Gasteiger partial charge on any atom is 0.319 e. The van der Waals surface area contributed by atoms with Gasteiger partial charge in [0.1, 0.15) is 12.3 Å². The number of carbonyl (C=O) groups is 2. The van der Waals surface area contributed by atoms with E-state index in [-0.39, 0.29) is 11.9 Å². The lowest BCUT2D eigenvalue weighted by Gasteiger charge is -2.25. The number of hydrogen-bond donors (Lipinski definition) is 3. The Hall–Kier alpha value is -2.08. The second kappa shape index (κ2) is 6.58. The smallest absolute Gasteiger partial charge is 0.319 e. The molecule has 3 amide bonds. The maximum atomic E-state index is 12.0. The standard InChI is InChI=1S/C15H21N3O3/c1-10(14(19)17-15(16)20)18(12-5-6-12)9-11-3-7-13(21-2)8-4-11/h3-4,7-8,10,12H,5-6,9H2,1-2H3,(H3,16,17,19,20)/p+1/t10-/m0/s1. The number of primary amides is 1. The third-order valence-electron chi connectivity index (χ3n) is 3.86. The van der Waals surface area contributed by atoms with Gasteiger partial charge in [0, 0.05) is 18.4 Å². The van der Waals surface area contributed by atoms with Gasteiger partial charge in [-0.15, -0.1) is 0 Å². The second-order valence-electron chi connectivity index (χ2n) is 5.45. The van der Waals surface area contributed by atoms with E-state index in [1.165, 1.54) is 4.90 Å². The van der Waals surface area contributed by atoms with Crippen LogP contribution in [-0.4, -0.2) is 31.1 Å². The van der Waals surface area contributed by atoms with Crippen LogP contribution < -0.4 is 20.7 Å². The van der Waals surface area contributed by atoms with Crippen LogP contribution in [0.15, 0.2) is 24.3 Å². The molecule has 1 unspecified atom stereocenters. The fourth-order valence-electron chi connectivity index (χ4n) is 2.48. The van der Waals surface area contributed by atoms with E-state index in [9.17, 15) is 9.59 Å². The Kier molecular flexibility index (Phi) is 4.80. The Morgan fingerprint density at radius 3 is 2.48 bits per heavy atom. The van der Waals surface area contributed by atoms with Gasteiger partial charge in [0.15, 0.2) is 6.04 Å². The highest BCUT2D eigenvalue weighted by Gasteiger charge is 2.39. The van der Waals surface area contributed by atoms with E-state index < -0.39 is 6.03 Å². The molecule has 0 radical (unpaired) electrons. The summed E-state index contributed by atoms with van der Waals surface area (Å²) in [5.74, 6) is 0.490. The number of carbonyl (C=O) groups excluding carboxylic acids is 2. The average molecular weight is 292 g/mol. The summed E-state index contributed by atoms with van der Waals surface area (Å²) in [6, 6.07) is 7.18. The zero-order valence-corrected chi connectivity index (χ0v) is 12.4. The number of urea groups is 1. The molecule has 0 aromatic heterocycles. The molecule has 2 rings (SSSR count). The summed E-state index contributed by atoms with van der Waals surface area (Å²) in [6.45, 7) is 2.57. The van der Waals surface area contributed by atoms with Crippen LogP contribution >= 0.6 is 0 Å². The number of nitrogens with two attached hydrogens (primary N) is 1. The van der Waals surface area contributed by atoms with Gasteiger partial charge in [-0.05, 0) is 31.2 Å². The van der Waals surface area contributed by atoms with Gasteiger partial charge >= 0.3 is 6.03 Å². The molecule has 114 valence electrons. The topological polar surface area (TPSA) is 85.9 Å². The lowest BCUT2D eigenvalue weighted by atomic mass is 10.1. The van der Waals surface area contributed by atoms with E-state index in [0.717, 1.165) is 30.7 Å². The molecule has 1 aliphatic carbocycles. The molecular formula is C15H22N3O3+. The van der Waals surface area contributed by atoms with Crippen LogP contribution in [0.25, 0.3) is 0 Å². The normalized spacial score (nSPS) is 16.9. The van der Waals surface area contributed by atoms with Crippen LogP contribution in [0.2, 0.25) is 0 Å². The van der Waals surface area contributed by atoms with E-state index in [1.807, 2.05) is 31.2 Å². The molecule has 0 bridgehead atoms. The number of nitrogens with one attached hydrogen (secondary N) is 2. The number of ether oxygens (including phenoxy) is 1. The van der Waals surface area contributed by atoms with Crippen LogP contribution in [0.1, 0.15) is 25.3 Å². The number of benzene rings is 1. The highest BCUT2D eigenvalue weighted by atomic mass is 16.5. The minimum atomic E-state index is -0.800. The summed E-state index contributed by atoms with van der Waals surface area (Å²) in [6.07, 6.45) is 2.22. The molecule has 6 heteroatoms. The Labute approximate surface area is 124 Å². The SMILES string of the molecule is COc1ccc(C[NH+](C2CC2)[C@@H](C)C(=O)NC(N)=O)cc1. The van der Waals surface area contributed by atoms with Crippen molar-refractivity contribution in [3.05, 3.63) is 29.8 Å². The fraction of sp³-hybridized carbons (Fsp3) is 0.467. The predicted molar refractivity (Wildman–Crippen MR) is 77.9 cm³/mol. The monoisotopic (exact) mass is 292 g/mol. The van der Waals surface area contributed by atoms with E-state index >= 15 is 0 Å². The van der Waals surface area contributed by atoms with Gasteiger partial charge < -0.3 is 15.4 Å². The Bertz CT molecular complexity index is 511. The van der Waals surface area contributed by atoms with Crippen LogP contribution in [0.5, 0.6) is 5.75 Å². The lowest BCUT2D eigenvalue weighted by molar-refractivity contribution is -0.938. The first-order valence-electron chi connectivity index (χ1n) is 7.10. The van der Waals surface area contributed by atoms with E-state index in [1.54, 1.807) is 7.11 Å². The number of amides is 3. The molecule has 1 aromatic rings. The number of hydrogen-bond acceptors (Lipinski definition) is 3. The quantitative estimate of drug-likeness (QED) is 0.680. The van der Waals surface area contributed by atoms with Crippen molar-refractivity contribution >= 4 is 11.9 Å². The van der Waals surface area contributed by atoms with Crippen molar-refractivity contribution in [2.24, 2.45) is 5.73 Å². The van der Waals surface area contributed by atoms with E-state index in [2.05, 4.69) is 5.32 Å². The van der Waals surface area contributed by atoms with Crippen LogP contribution in [0.3, 0.4) is 0 Å². The van der Waals surface area contributed by atoms with Crippen molar-refractivity contribution in [3.63, 3.8) is 0 Å². The third kappa shape index (κ3) is 4.19. The summed E-state index contributed by atoms with van der Waals surface area (Å²) >= 11 is 0. The van der Waals surface area contributed by atoms with Crippen LogP contribution in [0.4, 0.5) is 4.79 Å². The maximum absolute atomic E-state index is 12.0. The van der Waals surface area contributed by atoms with Crippen molar-refractivity contribution in [1.29, 1.82) is 0 Å². The number of quaternary nitrogens is 1. The van der Waals surface area contributed by atoms with Crippen molar-refractivity contribution in [2.45, 2.75) is 38.4 Å². The van der Waals surface area contributed by atoms with Crippen LogP contribution in [-0.2, 0) is 11.3 Å². The number of imide groups is 1. The van der Waals surface area contributed by atoms with Gasteiger partial charge in [-0.2, -0.15) is 0 Å². The van der Waals surface area contributed by atoms with E-state index in [0.29, 0.717) is 6.04 Å². The molecule has 6 nitrogen and oxygen atoms in total. The highest BCUT2D eigenvalue weighted by molar-refractivity contribution is 5.95. The first-order valence-corrected chi connectivity index (χ1v) is 7.10. The summed E-state index contributed by atoms with van der Waals surface area (Å²) in [5.41, 5.74) is 6.15. The van der Waals surface area contributed by atoms with Gasteiger partial charge in [0.25, 0.3) is 5.91 Å². The van der Waals surface area contributed by atoms with Crippen LogP contribution in [0, 0.1) is 0 Å². The van der Waals surface area contributed by atoms with E-state index in [4.69, 9.17) is 10.5 Å². The molecule has 0 saturated heterocycles. The Balaban J connectivity index is 2.04. The highest BCUT2D eigenvalue weighted by Crippen LogP contribution is 2.17. The molecule has 1 aromatic carbocycles. The molecule has 1 saturated carbocycles. The minimum Gasteiger partial charge on any atom is -0.497 e. The molecule has 21 heavy (non-hydrogen) atoms. The molecule has 0 aliphatic heterocycles. The summed E-state index contributed by atoms with van der Waals surface area (Å²) in [5, 5.41) is 2.17. The second-order valence-corrected chi connectivity index (χ2v) is 5.45. The average Bonchev–Trinajstić information content (AvgIpc) is 3.28. The van der Waals surface area contributed by atoms with Crippen molar-refractivity contribution in [3.8, 4) is 5.75 Å². The molecular weight excluding hydrogens is 270 g/mol. The zero-order valence-electron chi connectivity index (χ0n) is 12.4. The molecule has 0 heterocycles. The van der Waals surface area contributed by atoms with Gasteiger partial charge in [-0.25, -0.2) is 4.79 Å². The van der Waals surface area contributed by atoms with Gasteiger partial charge in [0.2, 0.25) is 0 Å². The van der Waals surface area contributed by atoms with Crippen molar-refractivity contribution in [1.82, 2.24) is 5.32 Å². The predicted octanol–water partition coefficient (Wildman–Crippen LogP) is -0.174. The molecule has 1 fully saturated rings. The fourth-order valence-corrected chi connectivity index (χ4v) is 2.48. The first-order chi connectivity index (χ1) is 10.0. The Morgan fingerprint density at radius 2 is 2.00 bits per heavy atom. The van der Waals surface area contributed by atoms with Crippen molar-refractivity contribution < 1.29 is 19.2 Å². The molecule has 2 atom stereocenters.